The molecule has 1 atom stereocenters. The van der Waals surface area contributed by atoms with Gasteiger partial charge in [-0.25, -0.2) is 13.2 Å². The highest BCUT2D eigenvalue weighted by Gasteiger charge is 2.41. The Bertz CT molecular complexity index is 442. The molecule has 0 aliphatic carbocycles. The molecule has 1 rings (SSSR count). The molecule has 0 aromatic heterocycles. The van der Waals surface area contributed by atoms with E-state index in [9.17, 15) is 27.1 Å². The first-order chi connectivity index (χ1) is 9.22. The molecule has 0 saturated heterocycles. The summed E-state index contributed by atoms with van der Waals surface area (Å²) in [7, 11) is 0. The predicted octanol–water partition coefficient (Wildman–Crippen LogP) is 3.41. The van der Waals surface area contributed by atoms with E-state index in [-0.39, 0.29) is 12.0 Å². The molecule has 2 nitrogen and oxygen atoms in total. The average Bonchev–Trinajstić information content (AvgIpc) is 2.32. The number of hydrogen-bond acceptors (Lipinski definition) is 2. The van der Waals surface area contributed by atoms with E-state index in [1.54, 1.807) is 6.07 Å². The Labute approximate surface area is 120 Å². The van der Waals surface area contributed by atoms with Gasteiger partial charge in [-0.3, -0.25) is 0 Å². The fourth-order valence-corrected chi connectivity index (χ4v) is 1.73. The van der Waals surface area contributed by atoms with Crippen molar-refractivity contribution in [1.82, 2.24) is 0 Å². The summed E-state index contributed by atoms with van der Waals surface area (Å²) >= 11 is 3.06. The van der Waals surface area contributed by atoms with Crippen molar-refractivity contribution in [3.63, 3.8) is 0 Å². The van der Waals surface area contributed by atoms with Crippen LogP contribution in [0.2, 0.25) is 0 Å². The molecule has 0 aliphatic heterocycles. The maximum Gasteiger partial charge on any atom is 0.330 e. The van der Waals surface area contributed by atoms with Gasteiger partial charge in [-0.05, 0) is 17.7 Å². The van der Waals surface area contributed by atoms with Crippen molar-refractivity contribution < 1.29 is 31.8 Å². The first-order valence-electron chi connectivity index (χ1n) is 5.58. The summed E-state index contributed by atoms with van der Waals surface area (Å²) in [5, 5.41) is 9.50. The largest absolute Gasteiger partial charge is 0.390 e. The van der Waals surface area contributed by atoms with Gasteiger partial charge in [0, 0.05) is 10.9 Å². The Hall–Kier alpha value is -0.730. The number of aliphatic hydroxyl groups is 1. The molecule has 20 heavy (non-hydrogen) atoms. The third-order valence-electron chi connectivity index (χ3n) is 2.39. The van der Waals surface area contributed by atoms with Gasteiger partial charge in [0.2, 0.25) is 0 Å². The Balaban J connectivity index is 2.42. The van der Waals surface area contributed by atoms with Crippen molar-refractivity contribution in [3.8, 4) is 0 Å². The van der Waals surface area contributed by atoms with E-state index < -0.39 is 37.5 Å². The summed E-state index contributed by atoms with van der Waals surface area (Å²) in [6.07, 6.45) is -5.26. The standard InChI is InChI=1S/C12H12BrF5O2/c13-8-2-1-7(10(14)4-8)3-9(19)5-20-6-12(17,18)11(15)16/h1-2,4,9,11,19H,3,5-6H2. The van der Waals surface area contributed by atoms with Gasteiger partial charge in [0.1, 0.15) is 12.4 Å². The van der Waals surface area contributed by atoms with Crippen molar-refractivity contribution in [2.45, 2.75) is 24.9 Å². The smallest absolute Gasteiger partial charge is 0.330 e. The molecule has 0 amide bonds. The summed E-state index contributed by atoms with van der Waals surface area (Å²) in [5.74, 6) is -4.83. The van der Waals surface area contributed by atoms with Crippen molar-refractivity contribution >= 4 is 15.9 Å². The maximum atomic E-state index is 13.4. The molecule has 0 spiro atoms. The highest BCUT2D eigenvalue weighted by atomic mass is 79.9. The van der Waals surface area contributed by atoms with Gasteiger partial charge in [-0.15, -0.1) is 0 Å². The molecule has 1 aromatic rings. The van der Waals surface area contributed by atoms with Crippen LogP contribution in [-0.2, 0) is 11.2 Å². The van der Waals surface area contributed by atoms with Gasteiger partial charge in [0.05, 0.1) is 12.7 Å². The second kappa shape index (κ2) is 7.33. The highest BCUT2D eigenvalue weighted by molar-refractivity contribution is 9.10. The normalized spacial score (nSPS) is 13.8. The second-order valence-corrected chi connectivity index (χ2v) is 5.09. The molecule has 0 radical (unpaired) electrons. The van der Waals surface area contributed by atoms with Crippen molar-refractivity contribution in [2.75, 3.05) is 13.2 Å². The van der Waals surface area contributed by atoms with Gasteiger partial charge in [0.15, 0.2) is 0 Å². The Kier molecular flexibility index (Phi) is 6.35. The number of alkyl halides is 4. The van der Waals surface area contributed by atoms with E-state index in [1.807, 2.05) is 0 Å². The van der Waals surface area contributed by atoms with Crippen LogP contribution in [0.5, 0.6) is 0 Å². The summed E-state index contributed by atoms with van der Waals surface area (Å²) < 4.78 is 67.0. The van der Waals surface area contributed by atoms with Crippen LogP contribution in [0.1, 0.15) is 5.56 Å². The zero-order chi connectivity index (χ0) is 15.3. The minimum absolute atomic E-state index is 0.167. The van der Waals surface area contributed by atoms with Gasteiger partial charge >= 0.3 is 12.3 Å². The molecule has 0 aliphatic rings. The molecule has 1 N–H and O–H groups in total. The first-order valence-corrected chi connectivity index (χ1v) is 6.37. The van der Waals surface area contributed by atoms with Crippen LogP contribution in [0.3, 0.4) is 0 Å². The van der Waals surface area contributed by atoms with Gasteiger partial charge in [-0.2, -0.15) is 8.78 Å². The fraction of sp³-hybridized carbons (Fsp3) is 0.500. The number of ether oxygens (including phenoxy) is 1. The number of rotatable bonds is 7. The second-order valence-electron chi connectivity index (χ2n) is 4.17. The molecule has 1 unspecified atom stereocenters. The predicted molar refractivity (Wildman–Crippen MR) is 65.6 cm³/mol. The summed E-state index contributed by atoms with van der Waals surface area (Å²) in [6.45, 7) is -2.08. The number of halogens is 6. The van der Waals surface area contributed by atoms with Crippen LogP contribution in [0.25, 0.3) is 0 Å². The zero-order valence-electron chi connectivity index (χ0n) is 10.1. The lowest BCUT2D eigenvalue weighted by molar-refractivity contribution is -0.170. The Morgan fingerprint density at radius 1 is 1.30 bits per heavy atom. The van der Waals surface area contributed by atoms with Crippen LogP contribution in [-0.4, -0.2) is 36.8 Å². The molecular weight excluding hydrogens is 351 g/mol. The number of benzene rings is 1. The molecule has 0 fully saturated rings. The van der Waals surface area contributed by atoms with Crippen LogP contribution < -0.4 is 0 Å². The molecule has 114 valence electrons. The van der Waals surface area contributed by atoms with E-state index >= 15 is 0 Å². The molecular formula is C12H12BrF5O2. The van der Waals surface area contributed by atoms with Crippen LogP contribution in [0.4, 0.5) is 22.0 Å². The lowest BCUT2D eigenvalue weighted by Crippen LogP contribution is -2.34. The minimum Gasteiger partial charge on any atom is -0.390 e. The Morgan fingerprint density at radius 3 is 2.50 bits per heavy atom. The van der Waals surface area contributed by atoms with Gasteiger partial charge in [0.25, 0.3) is 0 Å². The van der Waals surface area contributed by atoms with E-state index in [1.165, 1.54) is 12.1 Å². The summed E-state index contributed by atoms with van der Waals surface area (Å²) in [6, 6.07) is 4.15. The first kappa shape index (κ1) is 17.3. The van der Waals surface area contributed by atoms with Crippen LogP contribution >= 0.6 is 15.9 Å². The summed E-state index contributed by atoms with van der Waals surface area (Å²) in [5.41, 5.74) is 0.171. The maximum absolute atomic E-state index is 13.4. The van der Waals surface area contributed by atoms with Crippen molar-refractivity contribution in [2.24, 2.45) is 0 Å². The molecule has 8 heteroatoms. The monoisotopic (exact) mass is 362 g/mol. The Morgan fingerprint density at radius 2 is 1.95 bits per heavy atom. The van der Waals surface area contributed by atoms with Crippen LogP contribution in [0.15, 0.2) is 22.7 Å². The topological polar surface area (TPSA) is 29.5 Å². The molecule has 0 heterocycles. The highest BCUT2D eigenvalue weighted by Crippen LogP contribution is 2.23. The van der Waals surface area contributed by atoms with Crippen LogP contribution in [0, 0.1) is 5.82 Å². The third kappa shape index (κ3) is 5.34. The van der Waals surface area contributed by atoms with Gasteiger partial charge < -0.3 is 9.84 Å². The van der Waals surface area contributed by atoms with E-state index in [4.69, 9.17) is 0 Å². The third-order valence-corrected chi connectivity index (χ3v) is 2.89. The van der Waals surface area contributed by atoms with E-state index in [0.717, 1.165) is 0 Å². The summed E-state index contributed by atoms with van der Waals surface area (Å²) in [4.78, 5) is 0. The molecule has 0 saturated carbocycles. The fourth-order valence-electron chi connectivity index (χ4n) is 1.39. The van der Waals surface area contributed by atoms with E-state index in [0.29, 0.717) is 4.47 Å². The van der Waals surface area contributed by atoms with Gasteiger partial charge in [-0.1, -0.05) is 22.0 Å². The average molecular weight is 363 g/mol. The number of aliphatic hydroxyl groups excluding tert-OH is 1. The molecule has 0 bridgehead atoms. The number of hydrogen-bond donors (Lipinski definition) is 1. The molecule has 1 aromatic carbocycles. The van der Waals surface area contributed by atoms with E-state index in [2.05, 4.69) is 20.7 Å². The quantitative estimate of drug-likeness (QED) is 0.753. The lowest BCUT2D eigenvalue weighted by atomic mass is 10.1. The SMILES string of the molecule is OC(COCC(F)(F)C(F)F)Cc1ccc(Br)cc1F. The minimum atomic E-state index is -4.26. The zero-order valence-corrected chi connectivity index (χ0v) is 11.7. The van der Waals surface area contributed by atoms with Crippen molar-refractivity contribution in [3.05, 3.63) is 34.1 Å². The lowest BCUT2D eigenvalue weighted by Gasteiger charge is -2.17. The van der Waals surface area contributed by atoms with Crippen molar-refractivity contribution in [1.29, 1.82) is 0 Å².